The van der Waals surface area contributed by atoms with Crippen molar-refractivity contribution in [3.05, 3.63) is 37.4 Å². The fourth-order valence-electron chi connectivity index (χ4n) is 2.92. The fourth-order valence-corrected chi connectivity index (χ4v) is 5.12. The molecule has 0 spiro atoms. The summed E-state index contributed by atoms with van der Waals surface area (Å²) >= 11 is 3.00. The predicted octanol–water partition coefficient (Wildman–Crippen LogP) is 4.73. The molecule has 0 aromatic carbocycles. The second-order valence-electron chi connectivity index (χ2n) is 5.94. The molecular weight excluding hydrogens is 342 g/mol. The van der Waals surface area contributed by atoms with Crippen molar-refractivity contribution in [1.82, 2.24) is 0 Å². The van der Waals surface area contributed by atoms with Gasteiger partial charge in [0.2, 0.25) is 0 Å². The molecule has 1 aliphatic carbocycles. The van der Waals surface area contributed by atoms with Crippen molar-refractivity contribution < 1.29 is 14.3 Å². The van der Waals surface area contributed by atoms with Gasteiger partial charge >= 0.3 is 5.97 Å². The molecule has 0 bridgehead atoms. The molecule has 24 heavy (non-hydrogen) atoms. The SMILES string of the molecule is CCOC(=O)c1c(NC(=O)c2cc(C)c(C)s2)sc2c1CCCC2. The number of ether oxygens (including phenoxy) is 1. The van der Waals surface area contributed by atoms with Crippen LogP contribution in [0.15, 0.2) is 6.07 Å². The van der Waals surface area contributed by atoms with Crippen LogP contribution in [-0.2, 0) is 17.6 Å². The van der Waals surface area contributed by atoms with Gasteiger partial charge in [-0.2, -0.15) is 0 Å². The minimum atomic E-state index is -0.328. The van der Waals surface area contributed by atoms with Gasteiger partial charge in [-0.1, -0.05) is 0 Å². The molecule has 0 radical (unpaired) electrons. The van der Waals surface area contributed by atoms with Crippen LogP contribution in [0.3, 0.4) is 0 Å². The zero-order valence-corrected chi connectivity index (χ0v) is 15.8. The molecule has 1 aliphatic rings. The van der Waals surface area contributed by atoms with Crippen LogP contribution in [0.5, 0.6) is 0 Å². The average Bonchev–Trinajstić information content (AvgIpc) is 3.07. The van der Waals surface area contributed by atoms with Crippen LogP contribution in [0.25, 0.3) is 0 Å². The van der Waals surface area contributed by atoms with E-state index in [9.17, 15) is 9.59 Å². The van der Waals surface area contributed by atoms with E-state index in [1.165, 1.54) is 27.6 Å². The summed E-state index contributed by atoms with van der Waals surface area (Å²) in [6.07, 6.45) is 4.06. The average molecular weight is 364 g/mol. The van der Waals surface area contributed by atoms with Gasteiger partial charge in [-0.25, -0.2) is 4.79 Å². The maximum absolute atomic E-state index is 12.6. The topological polar surface area (TPSA) is 55.4 Å². The van der Waals surface area contributed by atoms with E-state index in [0.717, 1.165) is 41.7 Å². The zero-order chi connectivity index (χ0) is 17.3. The highest BCUT2D eigenvalue weighted by Crippen LogP contribution is 2.39. The molecule has 2 heterocycles. The van der Waals surface area contributed by atoms with Gasteiger partial charge in [0.15, 0.2) is 0 Å². The lowest BCUT2D eigenvalue weighted by Gasteiger charge is -2.12. The first-order chi connectivity index (χ1) is 11.5. The minimum absolute atomic E-state index is 0.152. The quantitative estimate of drug-likeness (QED) is 0.799. The van der Waals surface area contributed by atoms with Gasteiger partial charge in [0.25, 0.3) is 5.91 Å². The Bertz CT molecular complexity index is 769. The number of anilines is 1. The number of hydrogen-bond donors (Lipinski definition) is 1. The van der Waals surface area contributed by atoms with Crippen molar-refractivity contribution in [1.29, 1.82) is 0 Å². The second-order valence-corrected chi connectivity index (χ2v) is 8.30. The van der Waals surface area contributed by atoms with Crippen molar-refractivity contribution in [2.75, 3.05) is 11.9 Å². The minimum Gasteiger partial charge on any atom is -0.462 e. The number of rotatable bonds is 4. The Labute approximate surface area is 149 Å². The molecule has 0 saturated heterocycles. The highest BCUT2D eigenvalue weighted by molar-refractivity contribution is 7.17. The molecule has 0 aliphatic heterocycles. The summed E-state index contributed by atoms with van der Waals surface area (Å²) in [5.74, 6) is -0.480. The normalized spacial score (nSPS) is 13.5. The molecule has 0 atom stereocenters. The van der Waals surface area contributed by atoms with E-state index in [-0.39, 0.29) is 11.9 Å². The van der Waals surface area contributed by atoms with E-state index in [0.29, 0.717) is 22.0 Å². The van der Waals surface area contributed by atoms with Gasteiger partial charge in [-0.05, 0) is 63.6 Å². The van der Waals surface area contributed by atoms with E-state index in [2.05, 4.69) is 5.32 Å². The van der Waals surface area contributed by atoms with Crippen LogP contribution in [-0.4, -0.2) is 18.5 Å². The van der Waals surface area contributed by atoms with Gasteiger partial charge < -0.3 is 10.1 Å². The van der Waals surface area contributed by atoms with Crippen molar-refractivity contribution in [2.24, 2.45) is 0 Å². The molecular formula is C18H21NO3S2. The summed E-state index contributed by atoms with van der Waals surface area (Å²) < 4.78 is 5.22. The van der Waals surface area contributed by atoms with Crippen LogP contribution >= 0.6 is 22.7 Å². The molecule has 0 saturated carbocycles. The lowest BCUT2D eigenvalue weighted by atomic mass is 9.95. The number of nitrogens with one attached hydrogen (secondary N) is 1. The molecule has 1 amide bonds. The molecule has 6 heteroatoms. The predicted molar refractivity (Wildman–Crippen MR) is 98.7 cm³/mol. The largest absolute Gasteiger partial charge is 0.462 e. The summed E-state index contributed by atoms with van der Waals surface area (Å²) in [5, 5.41) is 3.59. The number of esters is 1. The number of fused-ring (bicyclic) bond motifs is 1. The third-order valence-electron chi connectivity index (χ3n) is 4.27. The Kier molecular flexibility index (Phi) is 5.06. The first kappa shape index (κ1) is 17.2. The molecule has 0 fully saturated rings. The lowest BCUT2D eigenvalue weighted by Crippen LogP contribution is -2.15. The maximum Gasteiger partial charge on any atom is 0.341 e. The second kappa shape index (κ2) is 7.07. The standard InChI is InChI=1S/C18H21NO3S2/c1-4-22-18(21)15-12-7-5-6-8-13(12)24-17(15)19-16(20)14-9-10(2)11(3)23-14/h9H,4-8H2,1-3H3,(H,19,20). The number of amides is 1. The van der Waals surface area contributed by atoms with Gasteiger partial charge in [-0.15, -0.1) is 22.7 Å². The van der Waals surface area contributed by atoms with Crippen molar-refractivity contribution in [3.8, 4) is 0 Å². The Morgan fingerprint density at radius 2 is 1.96 bits per heavy atom. The van der Waals surface area contributed by atoms with E-state index < -0.39 is 0 Å². The Balaban J connectivity index is 1.93. The Morgan fingerprint density at radius 3 is 2.62 bits per heavy atom. The van der Waals surface area contributed by atoms with Crippen LogP contribution in [0.1, 0.15) is 60.7 Å². The van der Waals surface area contributed by atoms with Gasteiger partial charge in [0.05, 0.1) is 17.0 Å². The Hall–Kier alpha value is -1.66. The summed E-state index contributed by atoms with van der Waals surface area (Å²) in [4.78, 5) is 28.0. The van der Waals surface area contributed by atoms with E-state index >= 15 is 0 Å². The molecule has 0 unspecified atom stereocenters. The third-order valence-corrected chi connectivity index (χ3v) is 6.63. The number of aryl methyl sites for hydroxylation is 3. The molecule has 4 nitrogen and oxygen atoms in total. The number of carbonyl (C=O) groups is 2. The van der Waals surface area contributed by atoms with E-state index in [1.807, 2.05) is 19.9 Å². The lowest BCUT2D eigenvalue weighted by molar-refractivity contribution is 0.0526. The molecule has 128 valence electrons. The van der Waals surface area contributed by atoms with E-state index in [4.69, 9.17) is 4.74 Å². The zero-order valence-electron chi connectivity index (χ0n) is 14.2. The van der Waals surface area contributed by atoms with Gasteiger partial charge in [-0.3, -0.25) is 4.79 Å². The highest BCUT2D eigenvalue weighted by atomic mass is 32.1. The van der Waals surface area contributed by atoms with Crippen LogP contribution in [0.4, 0.5) is 5.00 Å². The number of carbonyl (C=O) groups excluding carboxylic acids is 2. The first-order valence-electron chi connectivity index (χ1n) is 8.21. The number of thiophene rings is 2. The smallest absolute Gasteiger partial charge is 0.341 e. The molecule has 2 aromatic rings. The van der Waals surface area contributed by atoms with Crippen LogP contribution in [0, 0.1) is 13.8 Å². The van der Waals surface area contributed by atoms with Crippen molar-refractivity contribution >= 4 is 39.6 Å². The molecule has 3 rings (SSSR count). The van der Waals surface area contributed by atoms with Crippen LogP contribution in [0.2, 0.25) is 0 Å². The van der Waals surface area contributed by atoms with Gasteiger partial charge in [0, 0.05) is 9.75 Å². The molecule has 2 aromatic heterocycles. The summed E-state index contributed by atoms with van der Waals surface area (Å²) in [6, 6.07) is 1.90. The number of hydrogen-bond acceptors (Lipinski definition) is 5. The fraction of sp³-hybridized carbons (Fsp3) is 0.444. The van der Waals surface area contributed by atoms with E-state index in [1.54, 1.807) is 6.92 Å². The van der Waals surface area contributed by atoms with Crippen molar-refractivity contribution in [3.63, 3.8) is 0 Å². The molecule has 1 N–H and O–H groups in total. The maximum atomic E-state index is 12.6. The van der Waals surface area contributed by atoms with Crippen molar-refractivity contribution in [2.45, 2.75) is 46.5 Å². The third kappa shape index (κ3) is 3.26. The highest BCUT2D eigenvalue weighted by Gasteiger charge is 2.27. The first-order valence-corrected chi connectivity index (χ1v) is 9.84. The summed E-state index contributed by atoms with van der Waals surface area (Å²) in [7, 11) is 0. The summed E-state index contributed by atoms with van der Waals surface area (Å²) in [6.45, 7) is 6.13. The Morgan fingerprint density at radius 1 is 1.21 bits per heavy atom. The monoisotopic (exact) mass is 363 g/mol. The van der Waals surface area contributed by atoms with Crippen LogP contribution < -0.4 is 5.32 Å². The van der Waals surface area contributed by atoms with Gasteiger partial charge in [0.1, 0.15) is 5.00 Å². The summed E-state index contributed by atoms with van der Waals surface area (Å²) in [5.41, 5.74) is 2.75.